The Morgan fingerprint density at radius 3 is 2.55 bits per heavy atom. The maximum absolute atomic E-state index is 10.6. The molecule has 0 aromatic rings. The molecule has 0 aromatic carbocycles. The van der Waals surface area contributed by atoms with Crippen molar-refractivity contribution < 1.29 is 18.6 Å². The average molecular weight is 181 g/mol. The van der Waals surface area contributed by atoms with Crippen LogP contribution in [0.1, 0.15) is 13.3 Å². The fourth-order valence-corrected chi connectivity index (χ4v) is 0.607. The number of esters is 1. The van der Waals surface area contributed by atoms with Crippen LogP contribution in [0.25, 0.3) is 0 Å². The maximum atomic E-state index is 10.6. The minimum atomic E-state index is -0.550. The molecule has 0 atom stereocenters. The number of ether oxygens (including phenoxy) is 1. The molecule has 0 saturated heterocycles. The maximum Gasteiger partial charge on any atom is 0.313 e. The van der Waals surface area contributed by atoms with Crippen LogP contribution in [0.15, 0.2) is 0 Å². The molecular weight excluding hydrogens is 172 g/mol. The molecule has 0 amide bonds. The van der Waals surface area contributed by atoms with E-state index >= 15 is 0 Å². The van der Waals surface area contributed by atoms with E-state index in [9.17, 15) is 9.59 Å². The molecule has 0 aromatic heterocycles. The molecule has 0 N–H and O–H groups in total. The van der Waals surface area contributed by atoms with Crippen LogP contribution in [-0.2, 0) is 18.6 Å². The molecule has 0 radical (unpaired) electrons. The lowest BCUT2D eigenvalue weighted by molar-refractivity contribution is -0.145. The Hall–Kier alpha value is -0.610. The lowest BCUT2D eigenvalue weighted by atomic mass is 10.3. The molecule has 0 aliphatic rings. The Kier molecular flexibility index (Phi) is 5.78. The summed E-state index contributed by atoms with van der Waals surface area (Å²) in [7, 11) is 0. The van der Waals surface area contributed by atoms with Gasteiger partial charge in [-0.3, -0.25) is 13.9 Å². The molecule has 11 heavy (non-hydrogen) atoms. The first kappa shape index (κ1) is 10.4. The second-order valence-electron chi connectivity index (χ2n) is 1.77. The van der Waals surface area contributed by atoms with Crippen molar-refractivity contribution in [3.05, 3.63) is 0 Å². The van der Waals surface area contributed by atoms with E-state index in [1.54, 1.807) is 6.92 Å². The van der Waals surface area contributed by atoms with Crippen molar-refractivity contribution in [2.75, 3.05) is 13.2 Å². The lowest BCUT2D eigenvalue weighted by Gasteiger charge is -1.98. The second kappa shape index (κ2) is 6.12. The Morgan fingerprint density at radius 2 is 2.09 bits per heavy atom. The highest BCUT2D eigenvalue weighted by molar-refractivity contribution is 6.08. The van der Waals surface area contributed by atoms with E-state index in [1.165, 1.54) is 0 Å². The topological polar surface area (TPSA) is 52.6 Å². The van der Waals surface area contributed by atoms with E-state index < -0.39 is 11.8 Å². The SMILES string of the molecule is CCOC(=O)CC(=O)COCl. The molecule has 0 saturated carbocycles. The molecule has 0 bridgehead atoms. The highest BCUT2D eigenvalue weighted by atomic mass is 35.5. The van der Waals surface area contributed by atoms with Gasteiger partial charge in [-0.1, -0.05) is 0 Å². The number of carbonyl (C=O) groups excluding carboxylic acids is 2. The molecule has 0 unspecified atom stereocenters. The zero-order valence-corrected chi connectivity index (χ0v) is 6.89. The van der Waals surface area contributed by atoms with Gasteiger partial charge in [-0.15, -0.1) is 0 Å². The van der Waals surface area contributed by atoms with Gasteiger partial charge in [0.05, 0.1) is 18.5 Å². The van der Waals surface area contributed by atoms with Gasteiger partial charge in [0.15, 0.2) is 5.78 Å². The molecule has 0 aliphatic heterocycles. The van der Waals surface area contributed by atoms with E-state index in [-0.39, 0.29) is 19.6 Å². The summed E-state index contributed by atoms with van der Waals surface area (Å²) >= 11 is 4.78. The van der Waals surface area contributed by atoms with Crippen LogP contribution >= 0.6 is 11.9 Å². The third-order valence-electron chi connectivity index (χ3n) is 0.862. The van der Waals surface area contributed by atoms with Gasteiger partial charge >= 0.3 is 5.97 Å². The van der Waals surface area contributed by atoms with E-state index in [2.05, 4.69) is 9.03 Å². The van der Waals surface area contributed by atoms with Crippen molar-refractivity contribution in [3.8, 4) is 0 Å². The first-order valence-electron chi connectivity index (χ1n) is 3.11. The molecular formula is C6H9ClO4. The third kappa shape index (κ3) is 5.82. The Labute approximate surface area is 69.6 Å². The van der Waals surface area contributed by atoms with E-state index in [0.717, 1.165) is 0 Å². The van der Waals surface area contributed by atoms with Crippen LogP contribution in [0.5, 0.6) is 0 Å². The van der Waals surface area contributed by atoms with Gasteiger partial charge in [-0.05, 0) is 6.92 Å². The Balaban J connectivity index is 3.49. The van der Waals surface area contributed by atoms with Crippen molar-refractivity contribution >= 4 is 23.6 Å². The monoisotopic (exact) mass is 180 g/mol. The summed E-state index contributed by atoms with van der Waals surface area (Å²) in [6, 6.07) is 0. The minimum absolute atomic E-state index is 0.264. The molecule has 0 fully saturated rings. The fourth-order valence-electron chi connectivity index (χ4n) is 0.485. The number of hydrogen-bond acceptors (Lipinski definition) is 4. The molecule has 0 aliphatic carbocycles. The largest absolute Gasteiger partial charge is 0.466 e. The van der Waals surface area contributed by atoms with Gasteiger partial charge in [0.1, 0.15) is 13.0 Å². The third-order valence-corrected chi connectivity index (χ3v) is 0.971. The van der Waals surface area contributed by atoms with Crippen LogP contribution < -0.4 is 0 Å². The zero-order chi connectivity index (χ0) is 8.69. The smallest absolute Gasteiger partial charge is 0.313 e. The van der Waals surface area contributed by atoms with Gasteiger partial charge in [-0.25, -0.2) is 0 Å². The highest BCUT2D eigenvalue weighted by Gasteiger charge is 2.09. The summed E-state index contributed by atoms with van der Waals surface area (Å²) in [5.74, 6) is -0.940. The van der Waals surface area contributed by atoms with Gasteiger partial charge in [0.2, 0.25) is 0 Å². The quantitative estimate of drug-likeness (QED) is 0.461. The highest BCUT2D eigenvalue weighted by Crippen LogP contribution is 1.90. The lowest BCUT2D eigenvalue weighted by Crippen LogP contribution is -2.13. The second-order valence-corrected chi connectivity index (χ2v) is 1.99. The van der Waals surface area contributed by atoms with Gasteiger partial charge in [0, 0.05) is 0 Å². The van der Waals surface area contributed by atoms with Crippen LogP contribution in [0.3, 0.4) is 0 Å². The summed E-state index contributed by atoms with van der Waals surface area (Å²) in [6.07, 6.45) is -0.277. The molecule has 5 heteroatoms. The van der Waals surface area contributed by atoms with Crippen molar-refractivity contribution in [2.24, 2.45) is 0 Å². The molecule has 0 spiro atoms. The molecule has 0 heterocycles. The predicted molar refractivity (Wildman–Crippen MR) is 38.1 cm³/mol. The fraction of sp³-hybridized carbons (Fsp3) is 0.667. The summed E-state index contributed by atoms with van der Waals surface area (Å²) in [5.41, 5.74) is 0. The van der Waals surface area contributed by atoms with Crippen molar-refractivity contribution in [2.45, 2.75) is 13.3 Å². The normalized spacial score (nSPS) is 9.27. The number of halogens is 1. The van der Waals surface area contributed by atoms with Crippen molar-refractivity contribution in [3.63, 3.8) is 0 Å². The summed E-state index contributed by atoms with van der Waals surface area (Å²) in [4.78, 5) is 21.2. The number of rotatable bonds is 5. The van der Waals surface area contributed by atoms with Gasteiger partial charge in [0.25, 0.3) is 0 Å². The average Bonchev–Trinajstić information content (AvgIpc) is 1.87. The number of ketones is 1. The van der Waals surface area contributed by atoms with Crippen LogP contribution in [0.2, 0.25) is 0 Å². The van der Waals surface area contributed by atoms with Crippen molar-refractivity contribution in [1.29, 1.82) is 0 Å². The first-order valence-corrected chi connectivity index (χ1v) is 3.42. The van der Waals surface area contributed by atoms with Crippen LogP contribution in [-0.4, -0.2) is 25.0 Å². The van der Waals surface area contributed by atoms with E-state index in [4.69, 9.17) is 11.9 Å². The van der Waals surface area contributed by atoms with Gasteiger partial charge < -0.3 is 4.74 Å². The predicted octanol–water partition coefficient (Wildman–Crippen LogP) is 0.679. The zero-order valence-electron chi connectivity index (χ0n) is 6.13. The number of hydrogen-bond donors (Lipinski definition) is 0. The summed E-state index contributed by atoms with van der Waals surface area (Å²) < 4.78 is 8.50. The summed E-state index contributed by atoms with van der Waals surface area (Å²) in [5, 5.41) is 0. The molecule has 64 valence electrons. The van der Waals surface area contributed by atoms with E-state index in [1.807, 2.05) is 0 Å². The van der Waals surface area contributed by atoms with Crippen LogP contribution in [0, 0.1) is 0 Å². The number of carbonyl (C=O) groups is 2. The van der Waals surface area contributed by atoms with Gasteiger partial charge in [-0.2, -0.15) is 0 Å². The first-order chi connectivity index (χ1) is 5.20. The number of Topliss-reactive ketones (excluding diaryl/α,β-unsaturated/α-hetero) is 1. The van der Waals surface area contributed by atoms with Crippen molar-refractivity contribution in [1.82, 2.24) is 0 Å². The molecule has 0 rings (SSSR count). The minimum Gasteiger partial charge on any atom is -0.466 e. The van der Waals surface area contributed by atoms with E-state index in [0.29, 0.717) is 0 Å². The Bertz CT molecular complexity index is 130. The van der Waals surface area contributed by atoms with Crippen LogP contribution in [0.4, 0.5) is 0 Å². The standard InChI is InChI=1S/C6H9ClO4/c1-2-10-6(9)3-5(8)4-11-7/h2-4H2,1H3. The Morgan fingerprint density at radius 1 is 1.45 bits per heavy atom. The summed E-state index contributed by atoms with van der Waals surface area (Å²) in [6.45, 7) is 1.68. The molecule has 4 nitrogen and oxygen atoms in total.